The first-order valence-electron chi connectivity index (χ1n) is 6.04. The van der Waals surface area contributed by atoms with Gasteiger partial charge in [0.1, 0.15) is 5.82 Å². The molecule has 0 aromatic carbocycles. The Morgan fingerprint density at radius 2 is 1.89 bits per heavy atom. The Kier molecular flexibility index (Phi) is 3.67. The predicted octanol–water partition coefficient (Wildman–Crippen LogP) is 2.07. The lowest BCUT2D eigenvalue weighted by molar-refractivity contribution is 0.368. The highest BCUT2D eigenvalue weighted by molar-refractivity contribution is 5.52. The second-order valence-corrected chi connectivity index (χ2v) is 5.12. The molecule has 0 bridgehead atoms. The molecular formula is C14H18N4. The lowest BCUT2D eigenvalue weighted by Crippen LogP contribution is -2.26. The fraction of sp³-hybridized carbons (Fsp3) is 0.357. The molecule has 0 radical (unpaired) electrons. The summed E-state index contributed by atoms with van der Waals surface area (Å²) in [4.78, 5) is 13.1. The molecule has 2 aromatic heterocycles. The van der Waals surface area contributed by atoms with Crippen molar-refractivity contribution in [3.05, 3.63) is 42.5 Å². The number of rotatable bonds is 4. The SMILES string of the molecule is CC(C)(CN)Cc1nccc(-c2ccccn2)n1. The molecule has 2 heterocycles. The van der Waals surface area contributed by atoms with Gasteiger partial charge in [0.15, 0.2) is 0 Å². The molecule has 2 N–H and O–H groups in total. The van der Waals surface area contributed by atoms with Crippen molar-refractivity contribution < 1.29 is 0 Å². The monoisotopic (exact) mass is 242 g/mol. The lowest BCUT2D eigenvalue weighted by atomic mass is 9.89. The molecule has 0 aliphatic rings. The van der Waals surface area contributed by atoms with E-state index >= 15 is 0 Å². The molecule has 2 aromatic rings. The summed E-state index contributed by atoms with van der Waals surface area (Å²) < 4.78 is 0. The van der Waals surface area contributed by atoms with E-state index in [2.05, 4.69) is 28.8 Å². The van der Waals surface area contributed by atoms with Gasteiger partial charge in [-0.1, -0.05) is 19.9 Å². The van der Waals surface area contributed by atoms with Gasteiger partial charge in [0.25, 0.3) is 0 Å². The third-order valence-electron chi connectivity index (χ3n) is 2.82. The van der Waals surface area contributed by atoms with Gasteiger partial charge in [0.2, 0.25) is 0 Å². The van der Waals surface area contributed by atoms with Crippen LogP contribution in [0.5, 0.6) is 0 Å². The van der Waals surface area contributed by atoms with Crippen LogP contribution in [0.15, 0.2) is 36.7 Å². The Morgan fingerprint density at radius 1 is 1.06 bits per heavy atom. The number of hydrogen-bond acceptors (Lipinski definition) is 4. The van der Waals surface area contributed by atoms with Crippen LogP contribution in [0.2, 0.25) is 0 Å². The Morgan fingerprint density at radius 3 is 2.56 bits per heavy atom. The highest BCUT2D eigenvalue weighted by Crippen LogP contribution is 2.19. The maximum atomic E-state index is 5.74. The standard InChI is InChI=1S/C14H18N4/c1-14(2,10-15)9-13-17-8-6-12(18-13)11-5-3-4-7-16-11/h3-8H,9-10,15H2,1-2H3. The molecule has 94 valence electrons. The average molecular weight is 242 g/mol. The normalized spacial score (nSPS) is 11.5. The lowest BCUT2D eigenvalue weighted by Gasteiger charge is -2.21. The van der Waals surface area contributed by atoms with Crippen LogP contribution in [-0.2, 0) is 6.42 Å². The van der Waals surface area contributed by atoms with Crippen LogP contribution in [0.25, 0.3) is 11.4 Å². The molecule has 0 atom stereocenters. The summed E-state index contributed by atoms with van der Waals surface area (Å²) >= 11 is 0. The molecule has 2 rings (SSSR count). The van der Waals surface area contributed by atoms with Crippen molar-refractivity contribution in [2.75, 3.05) is 6.54 Å². The molecule has 0 unspecified atom stereocenters. The fourth-order valence-corrected chi connectivity index (χ4v) is 1.64. The molecule has 0 saturated heterocycles. The molecule has 0 fully saturated rings. The minimum absolute atomic E-state index is 0.0166. The van der Waals surface area contributed by atoms with Crippen LogP contribution in [0.4, 0.5) is 0 Å². The molecule has 18 heavy (non-hydrogen) atoms. The van der Waals surface area contributed by atoms with Crippen LogP contribution in [0, 0.1) is 5.41 Å². The summed E-state index contributed by atoms with van der Waals surface area (Å²) in [6, 6.07) is 7.67. The number of aromatic nitrogens is 3. The second-order valence-electron chi connectivity index (χ2n) is 5.12. The maximum absolute atomic E-state index is 5.74. The highest BCUT2D eigenvalue weighted by atomic mass is 14.9. The molecule has 0 aliphatic heterocycles. The maximum Gasteiger partial charge on any atom is 0.129 e. The van der Waals surface area contributed by atoms with Gasteiger partial charge in [0.05, 0.1) is 11.4 Å². The van der Waals surface area contributed by atoms with Crippen molar-refractivity contribution >= 4 is 0 Å². The topological polar surface area (TPSA) is 64.7 Å². The van der Waals surface area contributed by atoms with Crippen molar-refractivity contribution in [2.24, 2.45) is 11.1 Å². The third-order valence-corrected chi connectivity index (χ3v) is 2.82. The van der Waals surface area contributed by atoms with Crippen molar-refractivity contribution in [1.82, 2.24) is 15.0 Å². The largest absolute Gasteiger partial charge is 0.330 e. The van der Waals surface area contributed by atoms with E-state index in [1.54, 1.807) is 12.4 Å². The van der Waals surface area contributed by atoms with E-state index in [0.717, 1.165) is 23.6 Å². The smallest absolute Gasteiger partial charge is 0.129 e. The summed E-state index contributed by atoms with van der Waals surface area (Å²) in [6.45, 7) is 4.85. The number of nitrogens with zero attached hydrogens (tertiary/aromatic N) is 3. The number of nitrogens with two attached hydrogens (primary N) is 1. The van der Waals surface area contributed by atoms with Crippen LogP contribution >= 0.6 is 0 Å². The summed E-state index contributed by atoms with van der Waals surface area (Å²) in [5, 5.41) is 0. The van der Waals surface area contributed by atoms with Gasteiger partial charge in [-0.3, -0.25) is 4.98 Å². The minimum atomic E-state index is 0.0166. The number of pyridine rings is 1. The summed E-state index contributed by atoms with van der Waals surface area (Å²) in [6.07, 6.45) is 4.31. The first-order valence-corrected chi connectivity index (χ1v) is 6.04. The average Bonchev–Trinajstić information content (AvgIpc) is 2.40. The van der Waals surface area contributed by atoms with E-state index in [1.165, 1.54) is 0 Å². The first kappa shape index (κ1) is 12.6. The second kappa shape index (κ2) is 5.23. The van der Waals surface area contributed by atoms with Gasteiger partial charge in [-0.2, -0.15) is 0 Å². The minimum Gasteiger partial charge on any atom is -0.330 e. The quantitative estimate of drug-likeness (QED) is 0.891. The molecule has 0 amide bonds. The van der Waals surface area contributed by atoms with E-state index in [0.29, 0.717) is 6.54 Å². The van der Waals surface area contributed by atoms with Gasteiger partial charge in [0, 0.05) is 18.8 Å². The molecular weight excluding hydrogens is 224 g/mol. The van der Waals surface area contributed by atoms with E-state index in [-0.39, 0.29) is 5.41 Å². The summed E-state index contributed by atoms with van der Waals surface area (Å²) in [7, 11) is 0. The zero-order valence-corrected chi connectivity index (χ0v) is 10.8. The van der Waals surface area contributed by atoms with E-state index < -0.39 is 0 Å². The Labute approximate surface area is 107 Å². The summed E-state index contributed by atoms with van der Waals surface area (Å²) in [5.74, 6) is 0.814. The molecule has 4 heteroatoms. The van der Waals surface area contributed by atoms with Crippen LogP contribution in [0.1, 0.15) is 19.7 Å². The van der Waals surface area contributed by atoms with Gasteiger partial charge in [-0.05, 0) is 30.2 Å². The van der Waals surface area contributed by atoms with Crippen molar-refractivity contribution in [3.8, 4) is 11.4 Å². The van der Waals surface area contributed by atoms with Crippen LogP contribution in [0.3, 0.4) is 0 Å². The van der Waals surface area contributed by atoms with Crippen molar-refractivity contribution in [2.45, 2.75) is 20.3 Å². The first-order chi connectivity index (χ1) is 8.61. The van der Waals surface area contributed by atoms with Gasteiger partial charge < -0.3 is 5.73 Å². The highest BCUT2D eigenvalue weighted by Gasteiger charge is 2.18. The van der Waals surface area contributed by atoms with Crippen LogP contribution in [-0.4, -0.2) is 21.5 Å². The predicted molar refractivity (Wildman–Crippen MR) is 71.8 cm³/mol. The zero-order chi connectivity index (χ0) is 13.0. The Balaban J connectivity index is 2.26. The van der Waals surface area contributed by atoms with Gasteiger partial charge in [-0.25, -0.2) is 9.97 Å². The number of hydrogen-bond donors (Lipinski definition) is 1. The van der Waals surface area contributed by atoms with E-state index in [1.807, 2.05) is 24.3 Å². The molecule has 0 saturated carbocycles. The Hall–Kier alpha value is -1.81. The van der Waals surface area contributed by atoms with E-state index in [4.69, 9.17) is 5.73 Å². The third kappa shape index (κ3) is 3.11. The van der Waals surface area contributed by atoms with Gasteiger partial charge >= 0.3 is 0 Å². The zero-order valence-electron chi connectivity index (χ0n) is 10.8. The fourth-order valence-electron chi connectivity index (χ4n) is 1.64. The summed E-state index contributed by atoms with van der Waals surface area (Å²) in [5.41, 5.74) is 7.47. The Bertz CT molecular complexity index is 508. The van der Waals surface area contributed by atoms with E-state index in [9.17, 15) is 0 Å². The van der Waals surface area contributed by atoms with Crippen molar-refractivity contribution in [3.63, 3.8) is 0 Å². The van der Waals surface area contributed by atoms with Crippen molar-refractivity contribution in [1.29, 1.82) is 0 Å². The molecule has 0 spiro atoms. The van der Waals surface area contributed by atoms with Gasteiger partial charge in [-0.15, -0.1) is 0 Å². The molecule has 0 aliphatic carbocycles. The molecule has 4 nitrogen and oxygen atoms in total. The van der Waals surface area contributed by atoms with Crippen LogP contribution < -0.4 is 5.73 Å².